The molecule has 5 atom stereocenters. The SMILES string of the molecule is CC(C)C[C@H](NC(=O)C(NC(=O)c1cccc(-c2ccccc2)n1)[C@@H](C)O)B1OC[C@H](C)N[C@@H](C)C(=O)O1. The molecule has 38 heavy (non-hydrogen) atoms. The highest BCUT2D eigenvalue weighted by Crippen LogP contribution is 2.17. The van der Waals surface area contributed by atoms with Gasteiger partial charge in [0, 0.05) is 18.2 Å². The fourth-order valence-electron chi connectivity index (χ4n) is 4.20. The Balaban J connectivity index is 1.76. The molecule has 1 aliphatic heterocycles. The number of hydrogen-bond acceptors (Lipinski definition) is 8. The summed E-state index contributed by atoms with van der Waals surface area (Å²) in [5.74, 6) is -2.28. The summed E-state index contributed by atoms with van der Waals surface area (Å²) >= 11 is 0. The molecule has 1 saturated heterocycles. The molecule has 4 N–H and O–H groups in total. The first-order valence-electron chi connectivity index (χ1n) is 12.9. The number of nitrogens with one attached hydrogen (secondary N) is 3. The monoisotopic (exact) mass is 524 g/mol. The first-order chi connectivity index (χ1) is 18.0. The van der Waals surface area contributed by atoms with Gasteiger partial charge in [0.1, 0.15) is 17.8 Å². The minimum absolute atomic E-state index is 0.0978. The second-order valence-electron chi connectivity index (χ2n) is 10.1. The molecule has 1 aliphatic rings. The molecule has 11 heteroatoms. The Morgan fingerprint density at radius 1 is 1.11 bits per heavy atom. The molecule has 0 spiro atoms. The van der Waals surface area contributed by atoms with E-state index in [2.05, 4.69) is 20.9 Å². The normalized spacial score (nSPS) is 20.5. The second-order valence-corrected chi connectivity index (χ2v) is 10.1. The molecule has 1 aromatic heterocycles. The number of aliphatic hydroxyl groups is 1. The summed E-state index contributed by atoms with van der Waals surface area (Å²) in [5.41, 5.74) is 1.56. The Labute approximate surface area is 224 Å². The Bertz CT molecular complexity index is 1100. The van der Waals surface area contributed by atoms with E-state index >= 15 is 0 Å². The molecular weight excluding hydrogens is 487 g/mol. The average molecular weight is 524 g/mol. The number of amides is 2. The van der Waals surface area contributed by atoms with Crippen molar-refractivity contribution in [3.8, 4) is 11.3 Å². The standard InChI is InChI=1S/C27H37BN4O6/c1-16(2)14-23(28-37-15-17(3)29-18(4)27(36)38-28)31-26(35)24(19(5)33)32-25(34)22-13-9-12-21(30-22)20-10-7-6-8-11-20/h6-13,16-19,23-24,29,33H,14-15H2,1-5H3,(H,31,35)(H,32,34)/t17-,18-,19+,23-,24?/m0/s1. The highest BCUT2D eigenvalue weighted by atomic mass is 16.6. The van der Waals surface area contributed by atoms with Crippen LogP contribution in [0, 0.1) is 5.92 Å². The Hall–Kier alpha value is -3.28. The van der Waals surface area contributed by atoms with Crippen LogP contribution in [0.5, 0.6) is 0 Å². The van der Waals surface area contributed by atoms with E-state index in [0.717, 1.165) is 5.56 Å². The first kappa shape index (κ1) is 29.3. The number of carbonyl (C=O) groups excluding carboxylic acids is 3. The van der Waals surface area contributed by atoms with Gasteiger partial charge in [-0.3, -0.25) is 19.7 Å². The topological polar surface area (TPSA) is 139 Å². The third-order valence-electron chi connectivity index (χ3n) is 6.12. The molecule has 0 saturated carbocycles. The number of nitrogens with zero attached hydrogens (tertiary/aromatic N) is 1. The minimum atomic E-state index is -1.27. The van der Waals surface area contributed by atoms with Crippen molar-refractivity contribution in [3.63, 3.8) is 0 Å². The van der Waals surface area contributed by atoms with Gasteiger partial charge in [-0.1, -0.05) is 50.2 Å². The number of hydrogen-bond donors (Lipinski definition) is 4. The van der Waals surface area contributed by atoms with Crippen molar-refractivity contribution < 1.29 is 28.8 Å². The lowest BCUT2D eigenvalue weighted by atomic mass is 9.73. The molecule has 1 unspecified atom stereocenters. The maximum Gasteiger partial charge on any atom is 0.551 e. The molecule has 2 aromatic rings. The van der Waals surface area contributed by atoms with Crippen LogP contribution in [0.2, 0.25) is 0 Å². The first-order valence-corrected chi connectivity index (χ1v) is 12.9. The number of benzene rings is 1. The van der Waals surface area contributed by atoms with Crippen molar-refractivity contribution >= 4 is 24.9 Å². The lowest BCUT2D eigenvalue weighted by Gasteiger charge is -2.32. The maximum absolute atomic E-state index is 13.3. The van der Waals surface area contributed by atoms with Crippen LogP contribution in [0.25, 0.3) is 11.3 Å². The summed E-state index contributed by atoms with van der Waals surface area (Å²) in [4.78, 5) is 43.3. The van der Waals surface area contributed by atoms with E-state index in [9.17, 15) is 19.5 Å². The van der Waals surface area contributed by atoms with Gasteiger partial charge in [-0.15, -0.1) is 0 Å². The summed E-state index contributed by atoms with van der Waals surface area (Å²) < 4.78 is 11.4. The minimum Gasteiger partial charge on any atom is -0.507 e. The smallest absolute Gasteiger partial charge is 0.507 e. The number of aliphatic hydroxyl groups excluding tert-OH is 1. The van der Waals surface area contributed by atoms with Crippen molar-refractivity contribution in [1.29, 1.82) is 0 Å². The third kappa shape index (κ3) is 8.11. The van der Waals surface area contributed by atoms with E-state index in [4.69, 9.17) is 9.31 Å². The van der Waals surface area contributed by atoms with E-state index in [-0.39, 0.29) is 24.3 Å². The van der Waals surface area contributed by atoms with E-state index in [1.165, 1.54) is 6.92 Å². The molecule has 2 heterocycles. The molecular formula is C27H37BN4O6. The molecule has 10 nitrogen and oxygen atoms in total. The van der Waals surface area contributed by atoms with Crippen LogP contribution in [0.3, 0.4) is 0 Å². The van der Waals surface area contributed by atoms with E-state index in [0.29, 0.717) is 12.1 Å². The van der Waals surface area contributed by atoms with Crippen LogP contribution in [0.4, 0.5) is 0 Å². The Morgan fingerprint density at radius 3 is 2.47 bits per heavy atom. The van der Waals surface area contributed by atoms with Crippen LogP contribution in [-0.4, -0.2) is 71.8 Å². The Kier molecular flexibility index (Phi) is 10.4. The number of pyridine rings is 1. The van der Waals surface area contributed by atoms with Crippen LogP contribution >= 0.6 is 0 Å². The van der Waals surface area contributed by atoms with Gasteiger partial charge in [0.25, 0.3) is 5.91 Å². The molecule has 1 fully saturated rings. The Morgan fingerprint density at radius 2 is 1.82 bits per heavy atom. The van der Waals surface area contributed by atoms with E-state index < -0.39 is 49.0 Å². The molecule has 0 aliphatic carbocycles. The van der Waals surface area contributed by atoms with E-state index in [1.54, 1.807) is 25.1 Å². The number of rotatable bonds is 9. The van der Waals surface area contributed by atoms with Gasteiger partial charge in [0.05, 0.1) is 17.7 Å². The van der Waals surface area contributed by atoms with Gasteiger partial charge in [-0.2, -0.15) is 0 Å². The van der Waals surface area contributed by atoms with Crippen LogP contribution in [0.15, 0.2) is 48.5 Å². The van der Waals surface area contributed by atoms with Crippen LogP contribution in [-0.2, 0) is 18.9 Å². The summed E-state index contributed by atoms with van der Waals surface area (Å²) in [7, 11) is -1.02. The fraction of sp³-hybridized carbons (Fsp3) is 0.481. The summed E-state index contributed by atoms with van der Waals surface area (Å²) in [6, 6.07) is 12.5. The molecule has 3 rings (SSSR count). The largest absolute Gasteiger partial charge is 0.551 e. The molecule has 2 amide bonds. The van der Waals surface area contributed by atoms with Gasteiger partial charge in [0.15, 0.2) is 0 Å². The van der Waals surface area contributed by atoms with Gasteiger partial charge in [-0.05, 0) is 45.2 Å². The predicted molar refractivity (Wildman–Crippen MR) is 144 cm³/mol. The van der Waals surface area contributed by atoms with E-state index in [1.807, 2.05) is 51.1 Å². The predicted octanol–water partition coefficient (Wildman–Crippen LogP) is 1.73. The van der Waals surface area contributed by atoms with Gasteiger partial charge in [0.2, 0.25) is 5.91 Å². The van der Waals surface area contributed by atoms with Crippen molar-refractivity contribution in [2.75, 3.05) is 6.61 Å². The zero-order valence-electron chi connectivity index (χ0n) is 22.5. The zero-order valence-corrected chi connectivity index (χ0v) is 22.5. The maximum atomic E-state index is 13.3. The quantitative estimate of drug-likeness (QED) is 0.364. The number of carbonyl (C=O) groups is 3. The second kappa shape index (κ2) is 13.5. The van der Waals surface area contributed by atoms with Crippen molar-refractivity contribution in [2.24, 2.45) is 5.92 Å². The fourth-order valence-corrected chi connectivity index (χ4v) is 4.20. The van der Waals surface area contributed by atoms with Crippen molar-refractivity contribution in [2.45, 2.75) is 71.2 Å². The van der Waals surface area contributed by atoms with Crippen LogP contribution < -0.4 is 16.0 Å². The van der Waals surface area contributed by atoms with Gasteiger partial charge in [-0.25, -0.2) is 4.98 Å². The lowest BCUT2D eigenvalue weighted by molar-refractivity contribution is -0.140. The summed E-state index contributed by atoms with van der Waals surface area (Å²) in [6.07, 6.45) is -0.762. The summed E-state index contributed by atoms with van der Waals surface area (Å²) in [5, 5.41) is 18.9. The van der Waals surface area contributed by atoms with Crippen molar-refractivity contribution in [3.05, 3.63) is 54.2 Å². The molecule has 204 valence electrons. The van der Waals surface area contributed by atoms with Crippen LogP contribution in [0.1, 0.15) is 51.5 Å². The number of aromatic nitrogens is 1. The highest BCUT2D eigenvalue weighted by molar-refractivity contribution is 6.49. The highest BCUT2D eigenvalue weighted by Gasteiger charge is 2.40. The molecule has 1 aromatic carbocycles. The van der Waals surface area contributed by atoms with Gasteiger partial charge >= 0.3 is 13.1 Å². The lowest BCUT2D eigenvalue weighted by Crippen LogP contribution is -2.60. The molecule has 0 bridgehead atoms. The van der Waals surface area contributed by atoms with Gasteiger partial charge < -0.3 is 25.0 Å². The van der Waals surface area contributed by atoms with Crippen molar-refractivity contribution in [1.82, 2.24) is 20.9 Å². The zero-order chi connectivity index (χ0) is 27.8. The third-order valence-corrected chi connectivity index (χ3v) is 6.12. The molecule has 0 radical (unpaired) electrons. The summed E-state index contributed by atoms with van der Waals surface area (Å²) in [6.45, 7) is 9.22. The average Bonchev–Trinajstić information content (AvgIpc) is 2.88.